The van der Waals surface area contributed by atoms with Crippen LogP contribution in [0.1, 0.15) is 5.56 Å². The molecule has 0 aliphatic carbocycles. The fourth-order valence-electron chi connectivity index (χ4n) is 2.04. The zero-order valence-corrected chi connectivity index (χ0v) is 14.4. The first kappa shape index (κ1) is 16.3. The molecule has 1 aliphatic rings. The third-order valence-electron chi connectivity index (χ3n) is 3.18. The van der Waals surface area contributed by atoms with Gasteiger partial charge in [-0.3, -0.25) is 0 Å². The molecule has 5 nitrogen and oxygen atoms in total. The molecule has 1 aliphatic heterocycles. The molecule has 7 heteroatoms. The fraction of sp³-hybridized carbons (Fsp3) is 0.188. The van der Waals surface area contributed by atoms with Gasteiger partial charge in [0.1, 0.15) is 11.5 Å². The van der Waals surface area contributed by atoms with Crippen LogP contribution in [0.2, 0.25) is 0 Å². The number of halogens is 1. The van der Waals surface area contributed by atoms with Crippen molar-refractivity contribution in [1.82, 2.24) is 0 Å². The van der Waals surface area contributed by atoms with Crippen molar-refractivity contribution in [2.75, 3.05) is 13.2 Å². The maximum absolute atomic E-state index is 6.95. The van der Waals surface area contributed by atoms with Crippen molar-refractivity contribution < 1.29 is 18.7 Å². The van der Waals surface area contributed by atoms with Gasteiger partial charge in [-0.25, -0.2) is 4.85 Å². The van der Waals surface area contributed by atoms with E-state index in [1.165, 1.54) is 0 Å². The first-order valence-corrected chi connectivity index (χ1v) is 8.11. The van der Waals surface area contributed by atoms with E-state index in [1.54, 1.807) is 24.3 Å². The first-order valence-electron chi connectivity index (χ1n) is 7.03. The van der Waals surface area contributed by atoms with Crippen LogP contribution >= 0.6 is 22.6 Å². The minimum atomic E-state index is -0.587. The zero-order valence-electron chi connectivity index (χ0n) is 12.2. The average molecular weight is 421 g/mol. The number of ether oxygens (including phenoxy) is 1. The van der Waals surface area contributed by atoms with Crippen LogP contribution in [0.25, 0.3) is 4.85 Å². The molecule has 23 heavy (non-hydrogen) atoms. The highest BCUT2D eigenvalue weighted by Crippen LogP contribution is 2.27. The minimum absolute atomic E-state index is 0.386. The van der Waals surface area contributed by atoms with Gasteiger partial charge in [0.05, 0.1) is 26.4 Å². The van der Waals surface area contributed by atoms with Crippen molar-refractivity contribution in [3.05, 3.63) is 63.0 Å². The molecule has 0 atom stereocenters. The Hall–Kier alpha value is -1.60. The SMILES string of the molecule is [C-]#[N+]c1ccc(Oc2ccc(I)c(COB3OCCO3)c2)cc1. The maximum Gasteiger partial charge on any atom is 0.639 e. The lowest BCUT2D eigenvalue weighted by Gasteiger charge is -2.11. The van der Waals surface area contributed by atoms with E-state index in [0.717, 1.165) is 9.13 Å². The normalized spacial score (nSPS) is 13.8. The first-order chi connectivity index (χ1) is 11.2. The van der Waals surface area contributed by atoms with Crippen LogP contribution in [-0.4, -0.2) is 20.5 Å². The van der Waals surface area contributed by atoms with Gasteiger partial charge >= 0.3 is 7.32 Å². The molecular formula is C16H13BINO4. The summed E-state index contributed by atoms with van der Waals surface area (Å²) in [7, 11) is -0.587. The number of nitrogens with zero attached hydrogens (tertiary/aromatic N) is 1. The Labute approximate surface area is 148 Å². The molecule has 0 amide bonds. The van der Waals surface area contributed by atoms with Crippen LogP contribution in [0, 0.1) is 10.1 Å². The Morgan fingerprint density at radius 1 is 1.09 bits per heavy atom. The molecule has 0 radical (unpaired) electrons. The van der Waals surface area contributed by atoms with Crippen LogP contribution in [0.5, 0.6) is 11.5 Å². The van der Waals surface area contributed by atoms with Crippen LogP contribution in [0.3, 0.4) is 0 Å². The van der Waals surface area contributed by atoms with Gasteiger partial charge in [-0.2, -0.15) is 0 Å². The van der Waals surface area contributed by atoms with E-state index in [0.29, 0.717) is 37.0 Å². The van der Waals surface area contributed by atoms with Crippen LogP contribution in [-0.2, 0) is 20.6 Å². The maximum atomic E-state index is 6.95. The van der Waals surface area contributed by atoms with E-state index in [4.69, 9.17) is 25.3 Å². The standard InChI is InChI=1S/C16H13BINO4/c1-19-13-2-4-14(5-3-13)23-15-6-7-16(18)12(10-15)11-22-17-20-8-9-21-17/h2-7,10H,8-9,11H2. The van der Waals surface area contributed by atoms with Gasteiger partial charge in [-0.05, 0) is 58.5 Å². The topological polar surface area (TPSA) is 41.3 Å². The Balaban J connectivity index is 1.67. The summed E-state index contributed by atoms with van der Waals surface area (Å²) < 4.78 is 23.0. The van der Waals surface area contributed by atoms with Gasteiger partial charge in [-0.15, -0.1) is 0 Å². The van der Waals surface area contributed by atoms with Gasteiger partial charge in [0.2, 0.25) is 0 Å². The highest BCUT2D eigenvalue weighted by molar-refractivity contribution is 14.1. The summed E-state index contributed by atoms with van der Waals surface area (Å²) in [5.41, 5.74) is 1.59. The average Bonchev–Trinajstić information content (AvgIpc) is 3.09. The Morgan fingerprint density at radius 2 is 1.78 bits per heavy atom. The molecule has 1 saturated heterocycles. The second kappa shape index (κ2) is 7.79. The van der Waals surface area contributed by atoms with Crippen molar-refractivity contribution in [2.24, 2.45) is 0 Å². The number of rotatable bonds is 5. The van der Waals surface area contributed by atoms with Crippen molar-refractivity contribution in [2.45, 2.75) is 6.61 Å². The van der Waals surface area contributed by atoms with Crippen molar-refractivity contribution in [3.8, 4) is 11.5 Å². The molecule has 0 N–H and O–H groups in total. The quantitative estimate of drug-likeness (QED) is 0.413. The molecule has 3 rings (SSSR count). The Kier molecular flexibility index (Phi) is 5.51. The van der Waals surface area contributed by atoms with Gasteiger partial charge in [0, 0.05) is 3.57 Å². The molecule has 1 heterocycles. The second-order valence-electron chi connectivity index (χ2n) is 4.80. The lowest BCUT2D eigenvalue weighted by atomic mass is 10.2. The monoisotopic (exact) mass is 421 g/mol. The lowest BCUT2D eigenvalue weighted by molar-refractivity contribution is 0.170. The summed E-state index contributed by atoms with van der Waals surface area (Å²) in [4.78, 5) is 3.36. The number of hydrogen-bond donors (Lipinski definition) is 0. The highest BCUT2D eigenvalue weighted by Gasteiger charge is 2.26. The minimum Gasteiger partial charge on any atom is -0.457 e. The summed E-state index contributed by atoms with van der Waals surface area (Å²) >= 11 is 2.25. The molecule has 0 unspecified atom stereocenters. The largest absolute Gasteiger partial charge is 0.639 e. The van der Waals surface area contributed by atoms with E-state index in [1.807, 2.05) is 18.2 Å². The van der Waals surface area contributed by atoms with Gasteiger partial charge in [0.15, 0.2) is 5.69 Å². The van der Waals surface area contributed by atoms with Crippen LogP contribution in [0.15, 0.2) is 42.5 Å². The number of hydrogen-bond acceptors (Lipinski definition) is 4. The highest BCUT2D eigenvalue weighted by atomic mass is 127. The van der Waals surface area contributed by atoms with Crippen LogP contribution in [0.4, 0.5) is 5.69 Å². The Bertz CT molecular complexity index is 711. The van der Waals surface area contributed by atoms with Crippen molar-refractivity contribution in [3.63, 3.8) is 0 Å². The number of benzene rings is 2. The predicted molar refractivity (Wildman–Crippen MR) is 94.4 cm³/mol. The fourth-order valence-corrected chi connectivity index (χ4v) is 2.53. The van der Waals surface area contributed by atoms with Crippen LogP contribution < -0.4 is 4.74 Å². The van der Waals surface area contributed by atoms with E-state index in [9.17, 15) is 0 Å². The van der Waals surface area contributed by atoms with E-state index in [-0.39, 0.29) is 0 Å². The van der Waals surface area contributed by atoms with E-state index in [2.05, 4.69) is 27.4 Å². The molecular weight excluding hydrogens is 408 g/mol. The summed E-state index contributed by atoms with van der Waals surface area (Å²) in [6.45, 7) is 8.46. The molecule has 0 spiro atoms. The molecule has 116 valence electrons. The van der Waals surface area contributed by atoms with Gasteiger partial charge in [-0.1, -0.05) is 12.1 Å². The van der Waals surface area contributed by atoms with Gasteiger partial charge in [0.25, 0.3) is 0 Å². The van der Waals surface area contributed by atoms with Crippen molar-refractivity contribution >= 4 is 35.6 Å². The second-order valence-corrected chi connectivity index (χ2v) is 5.96. The summed E-state index contributed by atoms with van der Waals surface area (Å²) in [5, 5.41) is 0. The lowest BCUT2D eigenvalue weighted by Crippen LogP contribution is -2.19. The summed E-state index contributed by atoms with van der Waals surface area (Å²) in [5.74, 6) is 1.40. The molecule has 0 saturated carbocycles. The molecule has 2 aromatic carbocycles. The van der Waals surface area contributed by atoms with Gasteiger partial charge < -0.3 is 18.7 Å². The van der Waals surface area contributed by atoms with E-state index >= 15 is 0 Å². The smallest absolute Gasteiger partial charge is 0.457 e. The molecule has 2 aromatic rings. The molecule has 1 fully saturated rings. The third-order valence-corrected chi connectivity index (χ3v) is 4.24. The third kappa shape index (κ3) is 4.45. The molecule has 0 bridgehead atoms. The van der Waals surface area contributed by atoms with E-state index < -0.39 is 7.32 Å². The summed E-state index contributed by atoms with van der Waals surface area (Å²) in [6, 6.07) is 12.8. The zero-order chi connectivity index (χ0) is 16.1. The molecule has 0 aromatic heterocycles. The van der Waals surface area contributed by atoms with Crippen molar-refractivity contribution in [1.29, 1.82) is 0 Å². The Morgan fingerprint density at radius 3 is 2.48 bits per heavy atom. The summed E-state index contributed by atoms with van der Waals surface area (Å²) in [6.07, 6.45) is 0. The predicted octanol–water partition coefficient (Wildman–Crippen LogP) is 4.18.